The molecule has 12 heteroatoms. The zero-order chi connectivity index (χ0) is 35.7. The monoisotopic (exact) mass is 702 g/mol. The van der Waals surface area contributed by atoms with Gasteiger partial charge in [0, 0.05) is 12.8 Å². The van der Waals surface area contributed by atoms with Crippen molar-refractivity contribution in [3.8, 4) is 11.1 Å². The third kappa shape index (κ3) is 14.0. The van der Waals surface area contributed by atoms with Gasteiger partial charge in [0.1, 0.15) is 45.0 Å². The quantitative estimate of drug-likeness (QED) is 0.0863. The third-order valence-corrected chi connectivity index (χ3v) is 9.98. The van der Waals surface area contributed by atoms with Gasteiger partial charge in [-0.05, 0) is 48.2 Å². The minimum Gasteiger partial charge on any atom is -0.744 e. The lowest BCUT2D eigenvalue weighted by atomic mass is 10.1. The molecule has 0 N–H and O–H groups in total. The number of benzene rings is 2. The normalized spacial score (nSPS) is 11.4. The fraction of sp³-hybridized carbons (Fsp3) is 0.500. The molecular formula is C36H54N4O6S2. The molecule has 0 saturated heterocycles. The number of aryl methyl sites for hydroxylation is 4. The van der Waals surface area contributed by atoms with E-state index in [1.807, 2.05) is 0 Å². The molecule has 0 saturated carbocycles. The molecule has 266 valence electrons. The molecule has 0 radical (unpaired) electrons. The first-order valence-electron chi connectivity index (χ1n) is 16.8. The summed E-state index contributed by atoms with van der Waals surface area (Å²) in [6.07, 6.45) is 24.6. The Hall–Kier alpha value is -3.32. The molecule has 2 aromatic carbocycles. The minimum atomic E-state index is -4.50. The van der Waals surface area contributed by atoms with E-state index < -0.39 is 20.2 Å². The lowest BCUT2D eigenvalue weighted by Gasteiger charge is -2.09. The maximum atomic E-state index is 10.8. The second-order valence-corrected chi connectivity index (χ2v) is 14.9. The molecule has 0 spiro atoms. The molecule has 0 unspecified atom stereocenters. The Morgan fingerprint density at radius 3 is 1.10 bits per heavy atom. The molecule has 0 fully saturated rings. The first-order chi connectivity index (χ1) is 22.7. The Balaban J connectivity index is 0.000000257. The van der Waals surface area contributed by atoms with Gasteiger partial charge in [-0.3, -0.25) is 0 Å². The van der Waals surface area contributed by atoms with Crippen molar-refractivity contribution < 1.29 is 35.1 Å². The highest BCUT2D eigenvalue weighted by atomic mass is 32.2. The van der Waals surface area contributed by atoms with Crippen LogP contribution in [0.3, 0.4) is 0 Å². The summed E-state index contributed by atoms with van der Waals surface area (Å²) < 4.78 is 73.6. The van der Waals surface area contributed by atoms with Gasteiger partial charge < -0.3 is 9.11 Å². The van der Waals surface area contributed by atoms with E-state index in [0.717, 1.165) is 24.3 Å². The highest BCUT2D eigenvalue weighted by Gasteiger charge is 2.11. The van der Waals surface area contributed by atoms with Crippen LogP contribution in [-0.4, -0.2) is 35.1 Å². The topological polar surface area (TPSA) is 132 Å². The predicted molar refractivity (Wildman–Crippen MR) is 186 cm³/mol. The summed E-state index contributed by atoms with van der Waals surface area (Å²) in [5, 5.41) is 0. The van der Waals surface area contributed by atoms with E-state index in [-0.39, 0.29) is 9.79 Å². The number of hydrogen-bond acceptors (Lipinski definition) is 6. The molecular weight excluding hydrogens is 649 g/mol. The second kappa shape index (κ2) is 20.3. The van der Waals surface area contributed by atoms with E-state index in [4.69, 9.17) is 0 Å². The number of unbranched alkanes of at least 4 members (excludes halogenated alkanes) is 8. The van der Waals surface area contributed by atoms with Crippen LogP contribution in [0.4, 0.5) is 0 Å². The van der Waals surface area contributed by atoms with Crippen LogP contribution in [-0.2, 0) is 61.3 Å². The van der Waals surface area contributed by atoms with E-state index in [0.29, 0.717) is 11.1 Å². The summed E-state index contributed by atoms with van der Waals surface area (Å²) in [4.78, 5) is -0.694. The standard InChI is InChI=1S/2C12H23N2.C12H10O6S2/c2*1-4-5-6-7-8-9-12-13(2)10-11-14(12)3;13-19(14,15)11-5-1-9(2-6-11)10-3-7-12(8-4-10)20(16,17)18/h2*10-11H,4-9H2,1-3H3;1-8H,(H,13,14,15)(H,16,17,18)/q2*+1;/p-2. The van der Waals surface area contributed by atoms with Gasteiger partial charge in [-0.1, -0.05) is 89.5 Å². The van der Waals surface area contributed by atoms with Crippen LogP contribution in [0, 0.1) is 0 Å². The summed E-state index contributed by atoms with van der Waals surface area (Å²) >= 11 is 0. The summed E-state index contributed by atoms with van der Waals surface area (Å²) in [6, 6.07) is 10.3. The Morgan fingerprint density at radius 1 is 0.542 bits per heavy atom. The predicted octanol–water partition coefficient (Wildman–Crippen LogP) is 5.89. The van der Waals surface area contributed by atoms with Crippen molar-refractivity contribution in [2.45, 2.75) is 101 Å². The van der Waals surface area contributed by atoms with E-state index in [9.17, 15) is 25.9 Å². The lowest BCUT2D eigenvalue weighted by Crippen LogP contribution is -2.31. The van der Waals surface area contributed by atoms with Crippen LogP contribution in [0.25, 0.3) is 11.1 Å². The maximum absolute atomic E-state index is 10.8. The number of rotatable bonds is 15. The van der Waals surface area contributed by atoms with Gasteiger partial charge >= 0.3 is 0 Å². The van der Waals surface area contributed by atoms with Crippen LogP contribution in [0.1, 0.15) is 89.7 Å². The molecule has 4 rings (SSSR count). The largest absolute Gasteiger partial charge is 0.744 e. The lowest BCUT2D eigenvalue weighted by molar-refractivity contribution is -0.678. The van der Waals surface area contributed by atoms with Crippen molar-refractivity contribution in [1.82, 2.24) is 9.13 Å². The molecule has 48 heavy (non-hydrogen) atoms. The molecule has 2 aromatic heterocycles. The van der Waals surface area contributed by atoms with Gasteiger partial charge in [0.2, 0.25) is 0 Å². The van der Waals surface area contributed by atoms with Crippen LogP contribution in [0.2, 0.25) is 0 Å². The van der Waals surface area contributed by atoms with Gasteiger partial charge in [-0.2, -0.15) is 0 Å². The van der Waals surface area contributed by atoms with Gasteiger partial charge in [0.25, 0.3) is 11.6 Å². The molecule has 4 aromatic rings. The van der Waals surface area contributed by atoms with Gasteiger partial charge in [0.05, 0.1) is 38.0 Å². The van der Waals surface area contributed by atoms with Crippen molar-refractivity contribution in [3.05, 3.63) is 85.0 Å². The van der Waals surface area contributed by atoms with Crippen LogP contribution >= 0.6 is 0 Å². The van der Waals surface area contributed by atoms with E-state index in [1.54, 1.807) is 0 Å². The summed E-state index contributed by atoms with van der Waals surface area (Å²) in [6.45, 7) is 4.52. The Kier molecular flexibility index (Phi) is 17.2. The fourth-order valence-electron chi connectivity index (χ4n) is 5.35. The first-order valence-corrected chi connectivity index (χ1v) is 19.6. The average molecular weight is 703 g/mol. The summed E-state index contributed by atoms with van der Waals surface area (Å²) in [7, 11) is -0.492. The molecule has 2 heterocycles. The van der Waals surface area contributed by atoms with Crippen LogP contribution in [0.15, 0.2) is 83.1 Å². The highest BCUT2D eigenvalue weighted by Crippen LogP contribution is 2.23. The van der Waals surface area contributed by atoms with E-state index >= 15 is 0 Å². The van der Waals surface area contributed by atoms with Crippen molar-refractivity contribution >= 4 is 20.2 Å². The number of hydrogen-bond donors (Lipinski definition) is 0. The highest BCUT2D eigenvalue weighted by molar-refractivity contribution is 7.86. The number of nitrogens with zero attached hydrogens (tertiary/aromatic N) is 4. The number of imidazole rings is 2. The zero-order valence-electron chi connectivity index (χ0n) is 29.5. The van der Waals surface area contributed by atoms with Gasteiger partial charge in [-0.15, -0.1) is 0 Å². The molecule has 10 nitrogen and oxygen atoms in total. The SMILES string of the molecule is CCCCCCCc1n(C)cc[n+]1C.CCCCCCCc1n(C)cc[n+]1C.O=S(=O)([O-])c1ccc(-c2ccc(S(=O)(=O)[O-])cc2)cc1. The second-order valence-electron chi connectivity index (χ2n) is 12.2. The molecule has 0 bridgehead atoms. The summed E-state index contributed by atoms with van der Waals surface area (Å²) in [5.74, 6) is 2.86. The van der Waals surface area contributed by atoms with Crippen molar-refractivity contribution in [2.24, 2.45) is 28.2 Å². The van der Waals surface area contributed by atoms with Gasteiger partial charge in [-0.25, -0.2) is 35.1 Å². The van der Waals surface area contributed by atoms with Crippen LogP contribution in [0.5, 0.6) is 0 Å². The van der Waals surface area contributed by atoms with Gasteiger partial charge in [0.15, 0.2) is 0 Å². The molecule has 0 aliphatic rings. The Bertz CT molecular complexity index is 1560. The van der Waals surface area contributed by atoms with Crippen molar-refractivity contribution in [2.75, 3.05) is 0 Å². The molecule has 0 amide bonds. The van der Waals surface area contributed by atoms with Crippen LogP contribution < -0.4 is 9.13 Å². The average Bonchev–Trinajstić information content (AvgIpc) is 3.55. The van der Waals surface area contributed by atoms with Crippen molar-refractivity contribution in [1.29, 1.82) is 0 Å². The molecule has 0 aliphatic heterocycles. The van der Waals surface area contributed by atoms with Crippen molar-refractivity contribution in [3.63, 3.8) is 0 Å². The smallest absolute Gasteiger partial charge is 0.255 e. The zero-order valence-corrected chi connectivity index (χ0v) is 31.1. The first kappa shape index (κ1) is 40.9. The van der Waals surface area contributed by atoms with E-state index in [2.05, 4.69) is 85.1 Å². The maximum Gasteiger partial charge on any atom is 0.255 e. The fourth-order valence-corrected chi connectivity index (χ4v) is 6.29. The molecule has 0 aliphatic carbocycles. The molecule has 0 atom stereocenters. The Labute approximate surface area is 288 Å². The summed E-state index contributed by atoms with van der Waals surface area (Å²) in [5.41, 5.74) is 1.18. The third-order valence-electron chi connectivity index (χ3n) is 8.28. The Morgan fingerprint density at radius 2 is 0.854 bits per heavy atom. The number of aromatic nitrogens is 4. The minimum absolute atomic E-state index is 0.347. The van der Waals surface area contributed by atoms with E-state index in [1.165, 1.54) is 113 Å².